The molecule has 2 nitrogen and oxygen atoms in total. The van der Waals surface area contributed by atoms with Gasteiger partial charge in [-0.25, -0.2) is 9.97 Å². The van der Waals surface area contributed by atoms with Crippen LogP contribution >= 0.6 is 45.2 Å². The zero-order valence-corrected chi connectivity index (χ0v) is 9.70. The van der Waals surface area contributed by atoms with Crippen LogP contribution in [0.5, 0.6) is 0 Å². The molecular formula is C6H6I2N2. The second-order valence-corrected chi connectivity index (χ2v) is 6.74. The van der Waals surface area contributed by atoms with Crippen molar-refractivity contribution in [3.05, 3.63) is 23.8 Å². The van der Waals surface area contributed by atoms with Crippen LogP contribution in [-0.4, -0.2) is 9.97 Å². The maximum atomic E-state index is 4.08. The Hall–Kier alpha value is 0.540. The van der Waals surface area contributed by atoms with Gasteiger partial charge in [0.25, 0.3) is 0 Å². The van der Waals surface area contributed by atoms with Gasteiger partial charge in [0.15, 0.2) is 0 Å². The van der Waals surface area contributed by atoms with Crippen molar-refractivity contribution in [2.45, 2.75) is 8.86 Å². The summed E-state index contributed by atoms with van der Waals surface area (Å²) in [5.74, 6) is 0.831. The van der Waals surface area contributed by atoms with Gasteiger partial charge in [0.1, 0.15) is 5.82 Å². The Morgan fingerprint density at radius 3 is 2.20 bits per heavy atom. The molecule has 10 heavy (non-hydrogen) atoms. The number of aryl methyl sites for hydroxylation is 1. The van der Waals surface area contributed by atoms with Gasteiger partial charge in [0.2, 0.25) is 0 Å². The van der Waals surface area contributed by atoms with Crippen LogP contribution in [0.25, 0.3) is 0 Å². The number of halogens is 2. The largest absolute Gasteiger partial charge is 0.241 e. The quantitative estimate of drug-likeness (QED) is 0.569. The highest BCUT2D eigenvalue weighted by atomic mass is 127. The number of nitrogens with zero attached hydrogens (tertiary/aromatic N) is 2. The lowest BCUT2D eigenvalue weighted by Crippen LogP contribution is -1.89. The third kappa shape index (κ3) is 2.30. The van der Waals surface area contributed by atoms with Crippen LogP contribution in [0, 0.1) is 6.92 Å². The molecule has 1 aromatic rings. The van der Waals surface area contributed by atoms with Crippen molar-refractivity contribution in [3.63, 3.8) is 0 Å². The fourth-order valence-electron chi connectivity index (χ4n) is 0.515. The molecule has 0 saturated carbocycles. The van der Waals surface area contributed by atoms with E-state index in [0.717, 1.165) is 5.82 Å². The van der Waals surface area contributed by atoms with Crippen LogP contribution in [0.3, 0.4) is 0 Å². The molecule has 0 aliphatic heterocycles. The highest BCUT2D eigenvalue weighted by Gasteiger charge is 2.00. The van der Waals surface area contributed by atoms with Gasteiger partial charge in [-0.05, 0) is 6.92 Å². The van der Waals surface area contributed by atoms with Crippen molar-refractivity contribution in [2.75, 3.05) is 0 Å². The van der Waals surface area contributed by atoms with Gasteiger partial charge in [-0.1, -0.05) is 45.2 Å². The van der Waals surface area contributed by atoms with E-state index in [1.807, 2.05) is 19.3 Å². The first-order valence-electron chi connectivity index (χ1n) is 2.77. The fraction of sp³-hybridized carbons (Fsp3) is 0.333. The molecule has 54 valence electrons. The normalized spacial score (nSPS) is 10.4. The van der Waals surface area contributed by atoms with E-state index in [9.17, 15) is 0 Å². The van der Waals surface area contributed by atoms with Crippen molar-refractivity contribution < 1.29 is 0 Å². The third-order valence-corrected chi connectivity index (χ3v) is 2.49. The molecule has 0 spiro atoms. The molecule has 0 radical (unpaired) electrons. The van der Waals surface area contributed by atoms with E-state index in [2.05, 4.69) is 55.1 Å². The Labute approximate surface area is 87.1 Å². The summed E-state index contributed by atoms with van der Waals surface area (Å²) in [4.78, 5) is 8.16. The topological polar surface area (TPSA) is 25.8 Å². The minimum atomic E-state index is 0.468. The Bertz CT molecular complexity index is 207. The average Bonchev–Trinajstić information content (AvgIpc) is 1.88. The number of hydrogen-bond acceptors (Lipinski definition) is 2. The summed E-state index contributed by atoms with van der Waals surface area (Å²) >= 11 is 4.65. The lowest BCUT2D eigenvalue weighted by atomic mass is 10.4. The number of rotatable bonds is 1. The lowest BCUT2D eigenvalue weighted by molar-refractivity contribution is 1.03. The lowest BCUT2D eigenvalue weighted by Gasteiger charge is -1.98. The summed E-state index contributed by atoms with van der Waals surface area (Å²) in [6.07, 6.45) is 3.73. The van der Waals surface area contributed by atoms with E-state index in [1.54, 1.807) is 0 Å². The maximum Gasteiger partial charge on any atom is 0.125 e. The maximum absolute atomic E-state index is 4.08. The highest BCUT2D eigenvalue weighted by molar-refractivity contribution is 14.2. The first kappa shape index (κ1) is 8.63. The summed E-state index contributed by atoms with van der Waals surface area (Å²) in [6.45, 7) is 1.89. The van der Waals surface area contributed by atoms with Crippen LogP contribution in [-0.2, 0) is 0 Å². The van der Waals surface area contributed by atoms with E-state index >= 15 is 0 Å². The summed E-state index contributed by atoms with van der Waals surface area (Å²) in [5, 5.41) is 0. The monoisotopic (exact) mass is 360 g/mol. The Morgan fingerprint density at radius 2 is 1.80 bits per heavy atom. The van der Waals surface area contributed by atoms with Gasteiger partial charge in [-0.15, -0.1) is 0 Å². The third-order valence-electron chi connectivity index (χ3n) is 1.05. The van der Waals surface area contributed by atoms with Crippen molar-refractivity contribution >= 4 is 45.2 Å². The molecule has 1 rings (SSSR count). The minimum absolute atomic E-state index is 0.468. The molecule has 1 heterocycles. The van der Waals surface area contributed by atoms with Gasteiger partial charge >= 0.3 is 0 Å². The molecule has 0 aliphatic carbocycles. The first-order chi connectivity index (χ1) is 4.70. The zero-order valence-electron chi connectivity index (χ0n) is 5.38. The van der Waals surface area contributed by atoms with Gasteiger partial charge in [0, 0.05) is 18.0 Å². The van der Waals surface area contributed by atoms with Crippen LogP contribution < -0.4 is 0 Å². The van der Waals surface area contributed by atoms with Crippen LogP contribution in [0.15, 0.2) is 12.4 Å². The van der Waals surface area contributed by atoms with Gasteiger partial charge in [-0.2, -0.15) is 0 Å². The van der Waals surface area contributed by atoms with Crippen molar-refractivity contribution in [1.29, 1.82) is 0 Å². The smallest absolute Gasteiger partial charge is 0.125 e. The standard InChI is InChI=1S/C6H6I2N2/c1-4-9-2-5(3-10-4)6(7)8/h2-3,6H,1H3. The van der Waals surface area contributed by atoms with Crippen LogP contribution in [0.4, 0.5) is 0 Å². The van der Waals surface area contributed by atoms with E-state index in [0.29, 0.717) is 1.93 Å². The molecule has 0 atom stereocenters. The minimum Gasteiger partial charge on any atom is -0.241 e. The average molecular weight is 360 g/mol. The predicted molar refractivity (Wildman–Crippen MR) is 57.6 cm³/mol. The Balaban J connectivity index is 2.89. The number of hydrogen-bond donors (Lipinski definition) is 0. The molecule has 1 aromatic heterocycles. The molecule has 0 amide bonds. The molecule has 0 fully saturated rings. The fourth-order valence-corrected chi connectivity index (χ4v) is 1.16. The summed E-state index contributed by atoms with van der Waals surface area (Å²) < 4.78 is 0.468. The molecule has 0 unspecified atom stereocenters. The van der Waals surface area contributed by atoms with Gasteiger partial charge in [-0.3, -0.25) is 0 Å². The van der Waals surface area contributed by atoms with Gasteiger partial charge in [0.05, 0.1) is 1.93 Å². The summed E-state index contributed by atoms with van der Waals surface area (Å²) in [6, 6.07) is 0. The van der Waals surface area contributed by atoms with Crippen molar-refractivity contribution in [3.8, 4) is 0 Å². The molecule has 0 saturated heterocycles. The Morgan fingerprint density at radius 1 is 1.30 bits per heavy atom. The SMILES string of the molecule is Cc1ncc(C(I)I)cn1. The van der Waals surface area contributed by atoms with E-state index in [1.165, 1.54) is 5.56 Å². The summed E-state index contributed by atoms with van der Waals surface area (Å²) in [7, 11) is 0. The second-order valence-electron chi connectivity index (χ2n) is 1.86. The molecular weight excluding hydrogens is 354 g/mol. The molecule has 0 N–H and O–H groups in total. The van der Waals surface area contributed by atoms with E-state index < -0.39 is 0 Å². The predicted octanol–water partition coefficient (Wildman–Crippen LogP) is 2.65. The molecule has 0 aliphatic rings. The highest BCUT2D eigenvalue weighted by Crippen LogP contribution is 2.28. The molecule has 0 bridgehead atoms. The Kier molecular flexibility index (Phi) is 3.28. The summed E-state index contributed by atoms with van der Waals surface area (Å²) in [5.41, 5.74) is 1.17. The zero-order chi connectivity index (χ0) is 7.56. The van der Waals surface area contributed by atoms with E-state index in [-0.39, 0.29) is 0 Å². The number of aromatic nitrogens is 2. The second kappa shape index (κ2) is 3.80. The van der Waals surface area contributed by atoms with Gasteiger partial charge < -0.3 is 0 Å². The molecule has 4 heteroatoms. The first-order valence-corrected chi connectivity index (χ1v) is 5.26. The van der Waals surface area contributed by atoms with Crippen molar-refractivity contribution in [1.82, 2.24) is 9.97 Å². The number of alkyl halides is 2. The van der Waals surface area contributed by atoms with Crippen LogP contribution in [0.2, 0.25) is 0 Å². The van der Waals surface area contributed by atoms with E-state index in [4.69, 9.17) is 0 Å². The van der Waals surface area contributed by atoms with Crippen LogP contribution in [0.1, 0.15) is 13.3 Å². The van der Waals surface area contributed by atoms with Crippen molar-refractivity contribution in [2.24, 2.45) is 0 Å². The molecule has 0 aromatic carbocycles.